The predicted octanol–water partition coefficient (Wildman–Crippen LogP) is 4.28. The van der Waals surface area contributed by atoms with Gasteiger partial charge in [-0.1, -0.05) is 0 Å². The molecule has 0 radical (unpaired) electrons. The van der Waals surface area contributed by atoms with E-state index in [-0.39, 0.29) is 24.2 Å². The van der Waals surface area contributed by atoms with Crippen LogP contribution in [0.3, 0.4) is 0 Å². The number of nitrogens with two attached hydrogens (primary N) is 1. The van der Waals surface area contributed by atoms with Gasteiger partial charge in [-0.2, -0.15) is 26.3 Å². The molecule has 0 bridgehead atoms. The standard InChI is InChI=1S/C16H20F6N2/c1-10(23)12-2-4-24(5-3-12)9-11-6-13(15(17,18)19)8-14(7-11)16(20,21)22/h6-8,10,12H,2-5,9,23H2,1H3. The molecule has 1 unspecified atom stereocenters. The van der Waals surface area contributed by atoms with Crippen molar-refractivity contribution in [2.24, 2.45) is 11.7 Å². The molecule has 1 aliphatic rings. The first-order valence-corrected chi connectivity index (χ1v) is 7.73. The summed E-state index contributed by atoms with van der Waals surface area (Å²) in [6.45, 7) is 3.20. The van der Waals surface area contributed by atoms with E-state index in [1.165, 1.54) is 0 Å². The topological polar surface area (TPSA) is 29.3 Å². The minimum atomic E-state index is -4.81. The van der Waals surface area contributed by atoms with E-state index in [2.05, 4.69) is 0 Å². The van der Waals surface area contributed by atoms with Gasteiger partial charge in [0.15, 0.2) is 0 Å². The highest BCUT2D eigenvalue weighted by Gasteiger charge is 2.37. The van der Waals surface area contributed by atoms with Gasteiger partial charge in [0.25, 0.3) is 0 Å². The molecular weight excluding hydrogens is 334 g/mol. The summed E-state index contributed by atoms with van der Waals surface area (Å²) in [6.07, 6.45) is -8.03. The van der Waals surface area contributed by atoms with E-state index >= 15 is 0 Å². The van der Waals surface area contributed by atoms with E-state index in [1.54, 1.807) is 0 Å². The van der Waals surface area contributed by atoms with Crippen LogP contribution in [-0.4, -0.2) is 24.0 Å². The third-order valence-electron chi connectivity index (χ3n) is 4.43. The monoisotopic (exact) mass is 354 g/mol. The van der Waals surface area contributed by atoms with Crippen LogP contribution in [0.2, 0.25) is 0 Å². The summed E-state index contributed by atoms with van der Waals surface area (Å²) in [5, 5.41) is 0. The molecule has 1 aliphatic heterocycles. The van der Waals surface area contributed by atoms with Crippen LogP contribution < -0.4 is 5.73 Å². The SMILES string of the molecule is CC(N)C1CCN(Cc2cc(C(F)(F)F)cc(C(F)(F)F)c2)CC1. The van der Waals surface area contributed by atoms with Gasteiger partial charge in [0.1, 0.15) is 0 Å². The lowest BCUT2D eigenvalue weighted by atomic mass is 9.90. The van der Waals surface area contributed by atoms with Gasteiger partial charge >= 0.3 is 12.4 Å². The molecule has 1 heterocycles. The lowest BCUT2D eigenvalue weighted by Gasteiger charge is -2.33. The minimum Gasteiger partial charge on any atom is -0.328 e. The Morgan fingerprint density at radius 1 is 1.00 bits per heavy atom. The zero-order valence-electron chi connectivity index (χ0n) is 13.2. The lowest BCUT2D eigenvalue weighted by Crippen LogP contribution is -2.39. The molecule has 0 saturated carbocycles. The molecule has 1 fully saturated rings. The molecular formula is C16H20F6N2. The van der Waals surface area contributed by atoms with Crippen molar-refractivity contribution in [3.8, 4) is 0 Å². The molecule has 0 aliphatic carbocycles. The quantitative estimate of drug-likeness (QED) is 0.821. The van der Waals surface area contributed by atoms with Crippen molar-refractivity contribution in [2.45, 2.75) is 44.7 Å². The Labute approximate surface area is 136 Å². The average Bonchev–Trinajstić information content (AvgIpc) is 2.45. The molecule has 0 amide bonds. The number of alkyl halides is 6. The second-order valence-electron chi connectivity index (χ2n) is 6.39. The number of likely N-dealkylation sites (tertiary alicyclic amines) is 1. The number of hydrogen-bond acceptors (Lipinski definition) is 2. The molecule has 0 spiro atoms. The second-order valence-corrected chi connectivity index (χ2v) is 6.39. The van der Waals surface area contributed by atoms with Crippen LogP contribution in [0.1, 0.15) is 36.5 Å². The van der Waals surface area contributed by atoms with Crippen LogP contribution in [0, 0.1) is 5.92 Å². The number of nitrogens with zero attached hydrogens (tertiary/aromatic N) is 1. The van der Waals surface area contributed by atoms with Crippen molar-refractivity contribution in [2.75, 3.05) is 13.1 Å². The van der Waals surface area contributed by atoms with Crippen LogP contribution in [0.15, 0.2) is 18.2 Å². The Morgan fingerprint density at radius 3 is 1.83 bits per heavy atom. The molecule has 136 valence electrons. The largest absolute Gasteiger partial charge is 0.416 e. The van der Waals surface area contributed by atoms with Gasteiger partial charge < -0.3 is 5.73 Å². The minimum absolute atomic E-state index is 0.0244. The van der Waals surface area contributed by atoms with Gasteiger partial charge in [0, 0.05) is 12.6 Å². The summed E-state index contributed by atoms with van der Waals surface area (Å²) < 4.78 is 77.2. The van der Waals surface area contributed by atoms with E-state index in [4.69, 9.17) is 5.73 Å². The van der Waals surface area contributed by atoms with Crippen LogP contribution in [0.4, 0.5) is 26.3 Å². The van der Waals surface area contributed by atoms with Gasteiger partial charge in [0.05, 0.1) is 11.1 Å². The Kier molecular flexibility index (Phi) is 5.49. The normalized spacial score (nSPS) is 19.5. The molecule has 1 atom stereocenters. The number of piperidine rings is 1. The Bertz CT molecular complexity index is 524. The van der Waals surface area contributed by atoms with E-state index in [1.807, 2.05) is 11.8 Å². The maximum Gasteiger partial charge on any atom is 0.416 e. The maximum atomic E-state index is 12.9. The number of hydrogen-bond donors (Lipinski definition) is 1. The third kappa shape index (κ3) is 4.86. The van der Waals surface area contributed by atoms with Crippen molar-refractivity contribution in [1.82, 2.24) is 4.90 Å². The summed E-state index contributed by atoms with van der Waals surface area (Å²) in [7, 11) is 0. The summed E-state index contributed by atoms with van der Waals surface area (Å²) in [6, 6.07) is 1.79. The molecule has 1 aromatic carbocycles. The van der Waals surface area contributed by atoms with E-state index in [0.29, 0.717) is 19.0 Å². The highest BCUT2D eigenvalue weighted by atomic mass is 19.4. The second kappa shape index (κ2) is 6.92. The molecule has 2 nitrogen and oxygen atoms in total. The summed E-state index contributed by atoms with van der Waals surface area (Å²) in [5.41, 5.74) is 3.32. The zero-order chi connectivity index (χ0) is 18.1. The van der Waals surface area contributed by atoms with Crippen molar-refractivity contribution < 1.29 is 26.3 Å². The molecule has 2 N–H and O–H groups in total. The van der Waals surface area contributed by atoms with Gasteiger partial charge in [-0.3, -0.25) is 4.90 Å². The summed E-state index contributed by atoms with van der Waals surface area (Å²) in [5.74, 6) is 0.341. The molecule has 0 aromatic heterocycles. The smallest absolute Gasteiger partial charge is 0.328 e. The maximum absolute atomic E-state index is 12.9. The first kappa shape index (κ1) is 19.1. The zero-order valence-corrected chi connectivity index (χ0v) is 13.2. The Balaban J connectivity index is 2.18. The number of rotatable bonds is 3. The fourth-order valence-corrected chi connectivity index (χ4v) is 3.01. The van der Waals surface area contributed by atoms with Crippen molar-refractivity contribution in [1.29, 1.82) is 0 Å². The van der Waals surface area contributed by atoms with Crippen LogP contribution in [0.25, 0.3) is 0 Å². The molecule has 8 heteroatoms. The molecule has 1 aromatic rings. The van der Waals surface area contributed by atoms with Crippen molar-refractivity contribution in [3.63, 3.8) is 0 Å². The Hall–Kier alpha value is -1.28. The number of benzene rings is 1. The first-order chi connectivity index (χ1) is 11.0. The van der Waals surface area contributed by atoms with Crippen molar-refractivity contribution in [3.05, 3.63) is 34.9 Å². The first-order valence-electron chi connectivity index (χ1n) is 7.73. The Morgan fingerprint density at radius 2 is 1.46 bits per heavy atom. The third-order valence-corrected chi connectivity index (χ3v) is 4.43. The summed E-state index contributed by atoms with van der Waals surface area (Å²) >= 11 is 0. The fraction of sp³-hybridized carbons (Fsp3) is 0.625. The molecule has 24 heavy (non-hydrogen) atoms. The lowest BCUT2D eigenvalue weighted by molar-refractivity contribution is -0.143. The highest BCUT2D eigenvalue weighted by molar-refractivity contribution is 5.33. The predicted molar refractivity (Wildman–Crippen MR) is 78.1 cm³/mol. The average molecular weight is 354 g/mol. The highest BCUT2D eigenvalue weighted by Crippen LogP contribution is 2.36. The van der Waals surface area contributed by atoms with Crippen LogP contribution >= 0.6 is 0 Å². The van der Waals surface area contributed by atoms with Crippen LogP contribution in [0.5, 0.6) is 0 Å². The molecule has 2 rings (SSSR count). The summed E-state index contributed by atoms with van der Waals surface area (Å²) in [4.78, 5) is 1.87. The van der Waals surface area contributed by atoms with Crippen LogP contribution in [-0.2, 0) is 18.9 Å². The fourth-order valence-electron chi connectivity index (χ4n) is 3.01. The van der Waals surface area contributed by atoms with E-state index in [0.717, 1.165) is 25.0 Å². The van der Waals surface area contributed by atoms with E-state index in [9.17, 15) is 26.3 Å². The van der Waals surface area contributed by atoms with Gasteiger partial charge in [0.2, 0.25) is 0 Å². The van der Waals surface area contributed by atoms with Gasteiger partial charge in [-0.25, -0.2) is 0 Å². The van der Waals surface area contributed by atoms with Crippen molar-refractivity contribution >= 4 is 0 Å². The number of halogens is 6. The molecule has 1 saturated heterocycles. The van der Waals surface area contributed by atoms with E-state index < -0.39 is 23.5 Å². The van der Waals surface area contributed by atoms with Gasteiger partial charge in [-0.15, -0.1) is 0 Å². The van der Waals surface area contributed by atoms with Gasteiger partial charge in [-0.05, 0) is 62.5 Å².